The highest BCUT2D eigenvalue weighted by Crippen LogP contribution is 2.24. The molecule has 0 atom stereocenters. The van der Waals surface area contributed by atoms with Gasteiger partial charge in [-0.2, -0.15) is 0 Å². The van der Waals surface area contributed by atoms with E-state index >= 15 is 0 Å². The van der Waals surface area contributed by atoms with Gasteiger partial charge in [-0.05, 0) is 0 Å². The molecule has 0 fully saturated rings. The second-order valence-electron chi connectivity index (χ2n) is 2.22. The van der Waals surface area contributed by atoms with E-state index in [1.807, 2.05) is 0 Å². The maximum Gasteiger partial charge on any atom is 0.283 e. The van der Waals surface area contributed by atoms with Crippen LogP contribution >= 0.6 is 11.6 Å². The first-order valence-corrected chi connectivity index (χ1v) is 3.78. The Balaban J connectivity index is 3.27. The fraction of sp³-hybridized carbons (Fsp3) is 0.286. The first-order valence-electron chi connectivity index (χ1n) is 3.24. The molecule has 0 saturated carbocycles. The normalized spacial score (nSPS) is 10.9. The Bertz CT molecular complexity index is 316. The highest BCUT2D eigenvalue weighted by molar-refractivity contribution is 6.17. The third-order valence-electron chi connectivity index (χ3n) is 1.44. The first kappa shape index (κ1) is 10.2. The van der Waals surface area contributed by atoms with Crippen LogP contribution in [-0.2, 0) is 5.88 Å². The Hall–Kier alpha value is -0.840. The van der Waals surface area contributed by atoms with E-state index in [0.717, 1.165) is 0 Å². The second-order valence-corrected chi connectivity index (χ2v) is 2.49. The van der Waals surface area contributed by atoms with Gasteiger partial charge in [0.05, 0.1) is 12.1 Å². The maximum atomic E-state index is 12.9. The lowest BCUT2D eigenvalue weighted by atomic mass is 10.2. The number of halogens is 5. The molecule has 1 aromatic heterocycles. The van der Waals surface area contributed by atoms with Crippen molar-refractivity contribution >= 4 is 11.6 Å². The zero-order chi connectivity index (χ0) is 10.0. The van der Waals surface area contributed by atoms with Crippen molar-refractivity contribution in [3.8, 4) is 0 Å². The van der Waals surface area contributed by atoms with Crippen molar-refractivity contribution in [2.75, 3.05) is 0 Å². The van der Waals surface area contributed by atoms with Gasteiger partial charge in [-0.3, -0.25) is 0 Å². The van der Waals surface area contributed by atoms with Gasteiger partial charge >= 0.3 is 0 Å². The lowest BCUT2D eigenvalue weighted by molar-refractivity contribution is 0.140. The summed E-state index contributed by atoms with van der Waals surface area (Å²) in [6, 6.07) is 0. The van der Waals surface area contributed by atoms with E-state index in [1.165, 1.54) is 0 Å². The predicted molar refractivity (Wildman–Crippen MR) is 38.7 cm³/mol. The number of pyridine rings is 1. The van der Waals surface area contributed by atoms with Crippen LogP contribution in [0.4, 0.5) is 17.6 Å². The summed E-state index contributed by atoms with van der Waals surface area (Å²) in [6.07, 6.45) is -2.54. The summed E-state index contributed by atoms with van der Waals surface area (Å²) < 4.78 is 49.6. The fourth-order valence-electron chi connectivity index (χ4n) is 0.795. The molecular weight excluding hydrogens is 210 g/mol. The number of hydrogen-bond acceptors (Lipinski definition) is 1. The topological polar surface area (TPSA) is 12.9 Å². The van der Waals surface area contributed by atoms with Gasteiger partial charge in [-0.25, -0.2) is 22.5 Å². The quantitative estimate of drug-likeness (QED) is 0.544. The summed E-state index contributed by atoms with van der Waals surface area (Å²) in [4.78, 5) is 2.93. The third-order valence-corrected chi connectivity index (χ3v) is 1.70. The van der Waals surface area contributed by atoms with Gasteiger partial charge in [0, 0.05) is 5.56 Å². The van der Waals surface area contributed by atoms with Gasteiger partial charge in [0.2, 0.25) is 0 Å². The Morgan fingerprint density at radius 1 is 1.38 bits per heavy atom. The van der Waals surface area contributed by atoms with Crippen LogP contribution in [-0.4, -0.2) is 4.98 Å². The zero-order valence-corrected chi connectivity index (χ0v) is 6.95. The highest BCUT2D eigenvalue weighted by atomic mass is 35.5. The molecule has 0 bridgehead atoms. The Labute approximate surface area is 76.3 Å². The van der Waals surface area contributed by atoms with Gasteiger partial charge < -0.3 is 0 Å². The lowest BCUT2D eigenvalue weighted by Gasteiger charge is -2.04. The van der Waals surface area contributed by atoms with Crippen LogP contribution in [0.25, 0.3) is 0 Å². The molecule has 0 aliphatic carbocycles. The van der Waals surface area contributed by atoms with Crippen molar-refractivity contribution in [3.05, 3.63) is 29.1 Å². The number of aromatic nitrogens is 1. The summed E-state index contributed by atoms with van der Waals surface area (Å²) in [5, 5.41) is 0. The summed E-state index contributed by atoms with van der Waals surface area (Å²) in [7, 11) is 0. The summed E-state index contributed by atoms with van der Waals surface area (Å²) in [6.45, 7) is 0. The lowest BCUT2D eigenvalue weighted by Crippen LogP contribution is -2.02. The van der Waals surface area contributed by atoms with Gasteiger partial charge in [0.25, 0.3) is 6.43 Å². The monoisotopic (exact) mass is 213 g/mol. The number of rotatable bonds is 2. The molecular formula is C7H4ClF4N. The second kappa shape index (κ2) is 3.91. The smallest absolute Gasteiger partial charge is 0.249 e. The van der Waals surface area contributed by atoms with Crippen LogP contribution in [0.2, 0.25) is 0 Å². The van der Waals surface area contributed by atoms with Gasteiger partial charge in [0.1, 0.15) is 11.5 Å². The van der Waals surface area contributed by atoms with E-state index in [-0.39, 0.29) is 0 Å². The highest BCUT2D eigenvalue weighted by Gasteiger charge is 2.20. The molecule has 1 rings (SSSR count). The Morgan fingerprint density at radius 3 is 2.46 bits per heavy atom. The van der Waals surface area contributed by atoms with Crippen LogP contribution in [0.3, 0.4) is 0 Å². The van der Waals surface area contributed by atoms with E-state index in [1.54, 1.807) is 0 Å². The minimum absolute atomic E-state index is 0.500. The molecule has 0 aliphatic heterocycles. The molecule has 1 heterocycles. The van der Waals surface area contributed by atoms with Crippen LogP contribution in [0.1, 0.15) is 17.7 Å². The largest absolute Gasteiger partial charge is 0.283 e. The number of alkyl halides is 3. The van der Waals surface area contributed by atoms with E-state index in [2.05, 4.69) is 4.98 Å². The van der Waals surface area contributed by atoms with Gasteiger partial charge in [-0.15, -0.1) is 11.6 Å². The predicted octanol–water partition coefficient (Wildman–Crippen LogP) is 3.04. The molecule has 13 heavy (non-hydrogen) atoms. The summed E-state index contributed by atoms with van der Waals surface area (Å²) >= 11 is 5.16. The number of hydrogen-bond donors (Lipinski definition) is 0. The molecule has 0 unspecified atom stereocenters. The molecule has 0 amide bonds. The van der Waals surface area contributed by atoms with Crippen molar-refractivity contribution in [3.63, 3.8) is 0 Å². The molecule has 1 nitrogen and oxygen atoms in total. The van der Waals surface area contributed by atoms with Crippen molar-refractivity contribution in [1.82, 2.24) is 4.98 Å². The van der Waals surface area contributed by atoms with E-state index < -0.39 is 35.2 Å². The SMILES string of the molecule is Fc1cnc(C(F)F)c(F)c1CCl. The zero-order valence-electron chi connectivity index (χ0n) is 6.20. The van der Waals surface area contributed by atoms with Crippen molar-refractivity contribution in [1.29, 1.82) is 0 Å². The minimum Gasteiger partial charge on any atom is -0.249 e. The third kappa shape index (κ3) is 1.91. The molecule has 72 valence electrons. The first-order chi connectivity index (χ1) is 6.07. The molecule has 6 heteroatoms. The Morgan fingerprint density at radius 2 is 2.00 bits per heavy atom. The Kier molecular flexibility index (Phi) is 3.08. The molecule has 0 spiro atoms. The molecule has 1 aromatic rings. The van der Waals surface area contributed by atoms with E-state index in [0.29, 0.717) is 6.20 Å². The number of nitrogens with zero attached hydrogens (tertiary/aromatic N) is 1. The van der Waals surface area contributed by atoms with Crippen LogP contribution in [0.5, 0.6) is 0 Å². The van der Waals surface area contributed by atoms with E-state index in [4.69, 9.17) is 11.6 Å². The van der Waals surface area contributed by atoms with Crippen molar-refractivity contribution < 1.29 is 17.6 Å². The summed E-state index contributed by atoms with van der Waals surface area (Å²) in [5.74, 6) is -2.89. The van der Waals surface area contributed by atoms with Crippen molar-refractivity contribution in [2.45, 2.75) is 12.3 Å². The molecule has 0 saturated heterocycles. The molecule has 0 aliphatic rings. The standard InChI is InChI=1S/C7H4ClF4N/c8-1-3-4(9)2-13-6(5(3)10)7(11)12/h2,7H,1H2. The molecule has 0 N–H and O–H groups in total. The summed E-state index contributed by atoms with van der Waals surface area (Å²) in [5.41, 5.74) is -1.65. The van der Waals surface area contributed by atoms with Crippen LogP contribution in [0.15, 0.2) is 6.20 Å². The molecule has 0 radical (unpaired) electrons. The van der Waals surface area contributed by atoms with Gasteiger partial charge in [0.15, 0.2) is 5.82 Å². The maximum absolute atomic E-state index is 12.9. The fourth-order valence-corrected chi connectivity index (χ4v) is 1.04. The minimum atomic E-state index is -3.07. The van der Waals surface area contributed by atoms with E-state index in [9.17, 15) is 17.6 Å². The average Bonchev–Trinajstić information content (AvgIpc) is 2.04. The van der Waals surface area contributed by atoms with Crippen molar-refractivity contribution in [2.24, 2.45) is 0 Å². The average molecular weight is 214 g/mol. The molecule has 0 aromatic carbocycles. The van der Waals surface area contributed by atoms with Crippen LogP contribution in [0, 0.1) is 11.6 Å². The van der Waals surface area contributed by atoms with Crippen LogP contribution < -0.4 is 0 Å². The van der Waals surface area contributed by atoms with Gasteiger partial charge in [-0.1, -0.05) is 0 Å².